The van der Waals surface area contributed by atoms with Crippen molar-refractivity contribution in [1.29, 1.82) is 0 Å². The van der Waals surface area contributed by atoms with Gasteiger partial charge in [-0.05, 0) is 31.9 Å². The highest BCUT2D eigenvalue weighted by molar-refractivity contribution is 5.94. The zero-order chi connectivity index (χ0) is 17.7. The van der Waals surface area contributed by atoms with Crippen molar-refractivity contribution in [2.24, 2.45) is 0 Å². The van der Waals surface area contributed by atoms with E-state index in [0.717, 1.165) is 16.8 Å². The van der Waals surface area contributed by atoms with Gasteiger partial charge in [0.25, 0.3) is 5.95 Å². The van der Waals surface area contributed by atoms with Crippen molar-refractivity contribution in [2.45, 2.75) is 33.6 Å². The van der Waals surface area contributed by atoms with Crippen LogP contribution in [-0.4, -0.2) is 26.7 Å². The lowest BCUT2D eigenvalue weighted by atomic mass is 10.1. The number of anilines is 2. The predicted octanol–water partition coefficient (Wildman–Crippen LogP) is 0.779. The number of amides is 2. The molecule has 0 spiro atoms. The Morgan fingerprint density at radius 1 is 1.08 bits per heavy atom. The van der Waals surface area contributed by atoms with Gasteiger partial charge < -0.3 is 11.2 Å². The molecule has 0 bridgehead atoms. The van der Waals surface area contributed by atoms with Crippen LogP contribution >= 0.6 is 0 Å². The number of nitrogens with two attached hydrogens (primary N) is 1. The minimum atomic E-state index is -0.354. The maximum absolute atomic E-state index is 12.0. The van der Waals surface area contributed by atoms with Gasteiger partial charge in [-0.15, -0.1) is 10.2 Å². The van der Waals surface area contributed by atoms with Crippen LogP contribution in [-0.2, 0) is 9.59 Å². The SMILES string of the molecule is Cc1cccc(C)c1NC(=O)CCC(=O)NNc1nnc(C)n1N. The number of aromatic nitrogens is 3. The second kappa shape index (κ2) is 7.44. The van der Waals surface area contributed by atoms with Crippen molar-refractivity contribution in [1.82, 2.24) is 20.3 Å². The predicted molar refractivity (Wildman–Crippen MR) is 90.5 cm³/mol. The highest BCUT2D eigenvalue weighted by Gasteiger charge is 2.11. The second-order valence-corrected chi connectivity index (χ2v) is 5.43. The van der Waals surface area contributed by atoms with Crippen molar-refractivity contribution in [3.8, 4) is 0 Å². The van der Waals surface area contributed by atoms with Crippen LogP contribution in [0.25, 0.3) is 0 Å². The molecule has 0 aliphatic heterocycles. The Balaban J connectivity index is 1.79. The van der Waals surface area contributed by atoms with Crippen LogP contribution in [0.1, 0.15) is 29.8 Å². The van der Waals surface area contributed by atoms with E-state index in [4.69, 9.17) is 5.84 Å². The van der Waals surface area contributed by atoms with Crippen LogP contribution in [0.2, 0.25) is 0 Å². The topological polar surface area (TPSA) is 127 Å². The number of hydrogen-bond acceptors (Lipinski definition) is 6. The minimum Gasteiger partial charge on any atom is -0.335 e. The molecule has 0 atom stereocenters. The maximum atomic E-state index is 12.0. The van der Waals surface area contributed by atoms with Gasteiger partial charge in [0.15, 0.2) is 5.82 Å². The number of nitrogen functional groups attached to an aromatic ring is 1. The number of carbonyl (C=O) groups excluding carboxylic acids is 2. The molecule has 0 saturated heterocycles. The van der Waals surface area contributed by atoms with Gasteiger partial charge in [-0.3, -0.25) is 20.4 Å². The van der Waals surface area contributed by atoms with Crippen LogP contribution in [0, 0.1) is 20.8 Å². The third-order valence-electron chi connectivity index (χ3n) is 3.50. The fourth-order valence-corrected chi connectivity index (χ4v) is 2.08. The van der Waals surface area contributed by atoms with E-state index < -0.39 is 0 Å². The number of hydrogen-bond donors (Lipinski definition) is 4. The summed E-state index contributed by atoms with van der Waals surface area (Å²) < 4.78 is 1.20. The van der Waals surface area contributed by atoms with Gasteiger partial charge in [0.1, 0.15) is 0 Å². The Kier molecular flexibility index (Phi) is 5.35. The van der Waals surface area contributed by atoms with Gasteiger partial charge in [0.05, 0.1) is 0 Å². The number of benzene rings is 1. The van der Waals surface area contributed by atoms with Crippen LogP contribution in [0.5, 0.6) is 0 Å². The highest BCUT2D eigenvalue weighted by Crippen LogP contribution is 2.19. The highest BCUT2D eigenvalue weighted by atomic mass is 16.2. The molecule has 0 aliphatic carbocycles. The first kappa shape index (κ1) is 17.3. The molecule has 0 unspecified atom stereocenters. The molecule has 0 radical (unpaired) electrons. The third kappa shape index (κ3) is 4.22. The van der Waals surface area contributed by atoms with Crippen molar-refractivity contribution >= 4 is 23.5 Å². The van der Waals surface area contributed by atoms with E-state index >= 15 is 0 Å². The standard InChI is InChI=1S/C15H21N7O2/c1-9-5-4-6-10(2)14(9)17-12(23)7-8-13(24)19-21-15-20-18-11(3)22(15)16/h4-6H,7-8,16H2,1-3H3,(H,17,23)(H,19,24)(H,20,21). The average Bonchev–Trinajstić information content (AvgIpc) is 2.86. The van der Waals surface area contributed by atoms with E-state index in [2.05, 4.69) is 26.4 Å². The molecule has 2 rings (SSSR count). The number of carbonyl (C=O) groups is 2. The van der Waals surface area contributed by atoms with Crippen molar-refractivity contribution in [2.75, 3.05) is 16.6 Å². The Bertz CT molecular complexity index is 734. The first-order chi connectivity index (χ1) is 11.4. The van der Waals surface area contributed by atoms with Gasteiger partial charge >= 0.3 is 0 Å². The van der Waals surface area contributed by atoms with Gasteiger partial charge in [0, 0.05) is 18.5 Å². The fraction of sp³-hybridized carbons (Fsp3) is 0.333. The quantitative estimate of drug-likeness (QED) is 0.457. The van der Waals surface area contributed by atoms with E-state index in [1.807, 2.05) is 32.0 Å². The van der Waals surface area contributed by atoms with E-state index in [9.17, 15) is 9.59 Å². The number of aryl methyl sites for hydroxylation is 3. The Labute approximate surface area is 139 Å². The summed E-state index contributed by atoms with van der Waals surface area (Å²) in [6.45, 7) is 5.52. The number of para-hydroxylation sites is 1. The van der Waals surface area contributed by atoms with Crippen LogP contribution < -0.4 is 22.0 Å². The second-order valence-electron chi connectivity index (χ2n) is 5.43. The zero-order valence-corrected chi connectivity index (χ0v) is 13.9. The van der Waals surface area contributed by atoms with Gasteiger partial charge in [-0.1, -0.05) is 18.2 Å². The number of hydrazine groups is 1. The van der Waals surface area contributed by atoms with Crippen LogP contribution in [0.15, 0.2) is 18.2 Å². The summed E-state index contributed by atoms with van der Waals surface area (Å²) >= 11 is 0. The number of nitrogens with one attached hydrogen (secondary N) is 3. The van der Waals surface area contributed by atoms with Crippen molar-refractivity contribution < 1.29 is 9.59 Å². The lowest BCUT2D eigenvalue weighted by Gasteiger charge is -2.11. The van der Waals surface area contributed by atoms with Crippen LogP contribution in [0.4, 0.5) is 11.6 Å². The molecule has 0 saturated carbocycles. The molecule has 2 amide bonds. The molecule has 0 fully saturated rings. The normalized spacial score (nSPS) is 10.3. The van der Waals surface area contributed by atoms with Gasteiger partial charge in [-0.2, -0.15) is 0 Å². The molecule has 9 nitrogen and oxygen atoms in total. The fourth-order valence-electron chi connectivity index (χ4n) is 2.08. The summed E-state index contributed by atoms with van der Waals surface area (Å²) in [5.41, 5.74) is 7.72. The summed E-state index contributed by atoms with van der Waals surface area (Å²) in [5, 5.41) is 10.3. The maximum Gasteiger partial charge on any atom is 0.262 e. The van der Waals surface area contributed by atoms with E-state index in [0.29, 0.717) is 5.82 Å². The largest absolute Gasteiger partial charge is 0.335 e. The minimum absolute atomic E-state index is 0.0292. The monoisotopic (exact) mass is 331 g/mol. The molecule has 9 heteroatoms. The lowest BCUT2D eigenvalue weighted by molar-refractivity contribution is -0.124. The molecular weight excluding hydrogens is 310 g/mol. The van der Waals surface area contributed by atoms with Gasteiger partial charge in [-0.25, -0.2) is 4.68 Å². The smallest absolute Gasteiger partial charge is 0.262 e. The summed E-state index contributed by atoms with van der Waals surface area (Å²) in [6.07, 6.45) is 0.0943. The Morgan fingerprint density at radius 2 is 1.71 bits per heavy atom. The molecule has 24 heavy (non-hydrogen) atoms. The van der Waals surface area contributed by atoms with E-state index in [-0.39, 0.29) is 30.6 Å². The molecule has 5 N–H and O–H groups in total. The number of nitrogens with zero attached hydrogens (tertiary/aromatic N) is 3. The molecule has 0 aliphatic rings. The summed E-state index contributed by atoms with van der Waals surface area (Å²) in [4.78, 5) is 23.8. The number of rotatable bonds is 6. The summed E-state index contributed by atoms with van der Waals surface area (Å²) in [7, 11) is 0. The first-order valence-corrected chi connectivity index (χ1v) is 7.46. The summed E-state index contributed by atoms with van der Waals surface area (Å²) in [6, 6.07) is 5.77. The van der Waals surface area contributed by atoms with Gasteiger partial charge in [0.2, 0.25) is 11.8 Å². The Morgan fingerprint density at radius 3 is 2.29 bits per heavy atom. The van der Waals surface area contributed by atoms with Crippen LogP contribution in [0.3, 0.4) is 0 Å². The molecular formula is C15H21N7O2. The lowest BCUT2D eigenvalue weighted by Crippen LogP contribution is -2.32. The average molecular weight is 331 g/mol. The summed E-state index contributed by atoms with van der Waals surface area (Å²) in [5.74, 6) is 5.77. The molecule has 1 heterocycles. The van der Waals surface area contributed by atoms with Crippen molar-refractivity contribution in [3.05, 3.63) is 35.2 Å². The molecule has 1 aromatic heterocycles. The van der Waals surface area contributed by atoms with E-state index in [1.165, 1.54) is 4.68 Å². The Hall–Kier alpha value is -3.10. The first-order valence-electron chi connectivity index (χ1n) is 7.46. The van der Waals surface area contributed by atoms with E-state index in [1.54, 1.807) is 6.92 Å². The third-order valence-corrected chi connectivity index (χ3v) is 3.50. The van der Waals surface area contributed by atoms with Crippen molar-refractivity contribution in [3.63, 3.8) is 0 Å². The molecule has 1 aromatic carbocycles. The zero-order valence-electron chi connectivity index (χ0n) is 13.9. The molecule has 2 aromatic rings. The molecule has 128 valence electrons.